The Morgan fingerprint density at radius 1 is 0.900 bits per heavy atom. The van der Waals surface area contributed by atoms with Gasteiger partial charge < -0.3 is 9.84 Å². The molecule has 0 heterocycles. The van der Waals surface area contributed by atoms with Gasteiger partial charge in [-0.2, -0.15) is 5.26 Å². The van der Waals surface area contributed by atoms with Gasteiger partial charge in [-0.3, -0.25) is 0 Å². The number of ether oxygens (including phenoxy) is 1. The molecule has 4 rings (SSSR count). The van der Waals surface area contributed by atoms with E-state index in [0.717, 1.165) is 27.5 Å². The smallest absolute Gasteiger partial charge is 0.145 e. The fourth-order valence-electron chi connectivity index (χ4n) is 3.30. The molecule has 0 amide bonds. The minimum absolute atomic E-state index is 0.440. The van der Waals surface area contributed by atoms with Crippen molar-refractivity contribution in [2.24, 2.45) is 0 Å². The van der Waals surface area contributed by atoms with Crippen LogP contribution in [0.4, 0.5) is 0 Å². The standard InChI is InChI=1S/C27H21NO2/c1-19-10-12-21(13-11-19)27(30-26-9-5-4-8-24(26)18-28)17-25(29)23-15-14-20-6-2-3-7-22(20)16-23/h2-17,25,29H,1H3/b27-17-. The molecule has 4 aromatic rings. The highest BCUT2D eigenvalue weighted by Gasteiger charge is 2.13. The molecule has 0 aliphatic carbocycles. The predicted molar refractivity (Wildman–Crippen MR) is 120 cm³/mol. The van der Waals surface area contributed by atoms with Crippen LogP contribution in [0.5, 0.6) is 5.75 Å². The second-order valence-corrected chi connectivity index (χ2v) is 7.16. The van der Waals surface area contributed by atoms with E-state index >= 15 is 0 Å². The molecule has 3 heteroatoms. The summed E-state index contributed by atoms with van der Waals surface area (Å²) in [6, 6.07) is 31.0. The lowest BCUT2D eigenvalue weighted by atomic mass is 10.0. The monoisotopic (exact) mass is 391 g/mol. The molecule has 0 aromatic heterocycles. The number of fused-ring (bicyclic) bond motifs is 1. The van der Waals surface area contributed by atoms with Gasteiger partial charge in [0.15, 0.2) is 0 Å². The number of nitriles is 1. The minimum atomic E-state index is -0.861. The van der Waals surface area contributed by atoms with Gasteiger partial charge in [0.1, 0.15) is 23.7 Å². The Hall–Kier alpha value is -3.87. The summed E-state index contributed by atoms with van der Waals surface area (Å²) in [7, 11) is 0. The quantitative estimate of drug-likeness (QED) is 0.414. The fraction of sp³-hybridized carbons (Fsp3) is 0.0741. The number of benzene rings is 4. The van der Waals surface area contributed by atoms with Crippen LogP contribution in [0.15, 0.2) is 97.1 Å². The molecule has 0 saturated carbocycles. The summed E-state index contributed by atoms with van der Waals surface area (Å²) in [5.74, 6) is 0.955. The number of hydrogen-bond acceptors (Lipinski definition) is 3. The van der Waals surface area contributed by atoms with Crippen molar-refractivity contribution < 1.29 is 9.84 Å². The van der Waals surface area contributed by atoms with Crippen molar-refractivity contribution in [3.8, 4) is 11.8 Å². The van der Waals surface area contributed by atoms with Crippen LogP contribution in [-0.2, 0) is 0 Å². The molecular formula is C27H21NO2. The molecule has 4 aromatic carbocycles. The molecule has 0 saturated heterocycles. The largest absolute Gasteiger partial charge is 0.456 e. The number of nitrogens with zero attached hydrogens (tertiary/aromatic N) is 1. The molecular weight excluding hydrogens is 370 g/mol. The van der Waals surface area contributed by atoms with E-state index in [1.54, 1.807) is 24.3 Å². The first-order valence-electron chi connectivity index (χ1n) is 9.76. The summed E-state index contributed by atoms with van der Waals surface area (Å²) in [5.41, 5.74) is 3.17. The Morgan fingerprint density at radius 3 is 2.37 bits per heavy atom. The van der Waals surface area contributed by atoms with Crippen LogP contribution in [0.2, 0.25) is 0 Å². The molecule has 1 N–H and O–H groups in total. The van der Waals surface area contributed by atoms with Gasteiger partial charge >= 0.3 is 0 Å². The first kappa shape index (κ1) is 19.4. The SMILES string of the molecule is Cc1ccc(/C(=C/C(O)c2ccc3ccccc3c2)Oc2ccccc2C#N)cc1. The zero-order valence-corrected chi connectivity index (χ0v) is 16.6. The molecule has 1 unspecified atom stereocenters. The van der Waals surface area contributed by atoms with Gasteiger partial charge in [0.05, 0.1) is 5.56 Å². The Balaban J connectivity index is 1.74. The predicted octanol–water partition coefficient (Wildman–Crippen LogP) is 6.17. The summed E-state index contributed by atoms with van der Waals surface area (Å²) in [4.78, 5) is 0. The van der Waals surface area contributed by atoms with Crippen molar-refractivity contribution in [3.05, 3.63) is 119 Å². The topological polar surface area (TPSA) is 53.2 Å². The zero-order chi connectivity index (χ0) is 20.9. The van der Waals surface area contributed by atoms with E-state index in [0.29, 0.717) is 17.1 Å². The second-order valence-electron chi connectivity index (χ2n) is 7.16. The van der Waals surface area contributed by atoms with Crippen molar-refractivity contribution in [1.82, 2.24) is 0 Å². The Morgan fingerprint density at radius 2 is 1.60 bits per heavy atom. The van der Waals surface area contributed by atoms with Crippen LogP contribution in [0.1, 0.15) is 28.4 Å². The van der Waals surface area contributed by atoms with Crippen LogP contribution >= 0.6 is 0 Å². The number of hydrogen-bond donors (Lipinski definition) is 1. The molecule has 0 spiro atoms. The van der Waals surface area contributed by atoms with Crippen LogP contribution in [0.3, 0.4) is 0 Å². The maximum Gasteiger partial charge on any atom is 0.145 e. The van der Waals surface area contributed by atoms with Crippen LogP contribution < -0.4 is 4.74 Å². The van der Waals surface area contributed by atoms with E-state index in [-0.39, 0.29) is 0 Å². The summed E-state index contributed by atoms with van der Waals surface area (Å²) < 4.78 is 6.12. The lowest BCUT2D eigenvalue weighted by Crippen LogP contribution is -2.01. The molecule has 3 nitrogen and oxygen atoms in total. The number of aliphatic hydroxyl groups excluding tert-OH is 1. The summed E-state index contributed by atoms with van der Waals surface area (Å²) in [6.45, 7) is 2.02. The summed E-state index contributed by atoms with van der Waals surface area (Å²) in [5, 5.41) is 22.5. The fourth-order valence-corrected chi connectivity index (χ4v) is 3.30. The van der Waals surface area contributed by atoms with Gasteiger partial charge in [0.2, 0.25) is 0 Å². The number of aryl methyl sites for hydroxylation is 1. The lowest BCUT2D eigenvalue weighted by molar-refractivity contribution is 0.227. The van der Waals surface area contributed by atoms with Gasteiger partial charge in [0.25, 0.3) is 0 Å². The molecule has 1 atom stereocenters. The zero-order valence-electron chi connectivity index (χ0n) is 16.6. The Kier molecular flexibility index (Phi) is 5.61. The van der Waals surface area contributed by atoms with Crippen LogP contribution in [0.25, 0.3) is 16.5 Å². The molecule has 0 fully saturated rings. The average molecular weight is 391 g/mol. The van der Waals surface area contributed by atoms with Gasteiger partial charge in [0, 0.05) is 5.56 Å². The molecule has 0 bridgehead atoms. The van der Waals surface area contributed by atoms with Gasteiger partial charge in [-0.05, 0) is 47.5 Å². The van der Waals surface area contributed by atoms with E-state index in [2.05, 4.69) is 6.07 Å². The minimum Gasteiger partial charge on any atom is -0.456 e. The van der Waals surface area contributed by atoms with Crippen LogP contribution in [0, 0.1) is 18.3 Å². The van der Waals surface area contributed by atoms with Crippen molar-refractivity contribution in [2.45, 2.75) is 13.0 Å². The van der Waals surface area contributed by atoms with E-state index in [9.17, 15) is 10.4 Å². The molecule has 146 valence electrons. The third kappa shape index (κ3) is 4.25. The van der Waals surface area contributed by atoms with Crippen molar-refractivity contribution in [3.63, 3.8) is 0 Å². The third-order valence-electron chi connectivity index (χ3n) is 4.99. The van der Waals surface area contributed by atoms with Crippen molar-refractivity contribution >= 4 is 16.5 Å². The molecule has 0 aliphatic heterocycles. The van der Waals surface area contributed by atoms with E-state index < -0.39 is 6.10 Å². The Labute approximate surface area is 176 Å². The van der Waals surface area contributed by atoms with Gasteiger partial charge in [-0.15, -0.1) is 0 Å². The average Bonchev–Trinajstić information content (AvgIpc) is 2.79. The van der Waals surface area contributed by atoms with Gasteiger partial charge in [-0.1, -0.05) is 78.4 Å². The third-order valence-corrected chi connectivity index (χ3v) is 4.99. The second kappa shape index (κ2) is 8.65. The van der Waals surface area contributed by atoms with E-state index in [1.807, 2.05) is 79.7 Å². The summed E-state index contributed by atoms with van der Waals surface area (Å²) >= 11 is 0. The van der Waals surface area contributed by atoms with Gasteiger partial charge in [-0.25, -0.2) is 0 Å². The first-order valence-corrected chi connectivity index (χ1v) is 9.76. The lowest BCUT2D eigenvalue weighted by Gasteiger charge is -2.15. The molecule has 0 radical (unpaired) electrons. The van der Waals surface area contributed by atoms with Crippen LogP contribution in [-0.4, -0.2) is 5.11 Å². The maximum atomic E-state index is 10.9. The molecule has 30 heavy (non-hydrogen) atoms. The Bertz CT molecular complexity index is 1250. The highest BCUT2D eigenvalue weighted by Crippen LogP contribution is 2.28. The first-order chi connectivity index (χ1) is 14.6. The molecule has 0 aliphatic rings. The number of para-hydroxylation sites is 1. The summed E-state index contributed by atoms with van der Waals surface area (Å²) in [6.07, 6.45) is 0.822. The maximum absolute atomic E-state index is 10.9. The van der Waals surface area contributed by atoms with Crippen molar-refractivity contribution in [2.75, 3.05) is 0 Å². The highest BCUT2D eigenvalue weighted by molar-refractivity contribution is 5.83. The van der Waals surface area contributed by atoms with E-state index in [1.165, 1.54) is 0 Å². The number of rotatable bonds is 5. The van der Waals surface area contributed by atoms with E-state index in [4.69, 9.17) is 4.74 Å². The normalized spacial score (nSPS) is 12.4. The highest BCUT2D eigenvalue weighted by atomic mass is 16.5. The number of aliphatic hydroxyl groups is 1. The van der Waals surface area contributed by atoms with Crippen molar-refractivity contribution in [1.29, 1.82) is 5.26 Å².